The SMILES string of the molecule is Cc1ccc(C(=O)N/N=C\c2cc(Br)cc(Br)c2OCc2ccccc2)o1. The molecule has 0 aliphatic heterocycles. The molecule has 0 saturated carbocycles. The van der Waals surface area contributed by atoms with Crippen molar-refractivity contribution in [2.24, 2.45) is 5.10 Å². The molecule has 0 bridgehead atoms. The third kappa shape index (κ3) is 5.30. The molecule has 1 N–H and O–H groups in total. The Bertz CT molecular complexity index is 969. The average molecular weight is 492 g/mol. The van der Waals surface area contributed by atoms with E-state index < -0.39 is 5.91 Å². The summed E-state index contributed by atoms with van der Waals surface area (Å²) in [5.74, 6) is 1.09. The standard InChI is InChI=1S/C20H16Br2N2O3/c1-13-7-8-18(27-13)20(25)24-23-11-15-9-16(21)10-17(22)19(15)26-12-14-5-3-2-4-6-14/h2-11H,12H2,1H3,(H,24,25)/b23-11-. The van der Waals surface area contributed by atoms with E-state index in [1.54, 1.807) is 19.1 Å². The molecule has 0 spiro atoms. The van der Waals surface area contributed by atoms with Crippen molar-refractivity contribution in [2.45, 2.75) is 13.5 Å². The van der Waals surface area contributed by atoms with E-state index in [1.165, 1.54) is 6.21 Å². The van der Waals surface area contributed by atoms with Gasteiger partial charge in [0.1, 0.15) is 18.1 Å². The van der Waals surface area contributed by atoms with Crippen LogP contribution in [0.2, 0.25) is 0 Å². The van der Waals surface area contributed by atoms with Gasteiger partial charge >= 0.3 is 5.91 Å². The highest BCUT2D eigenvalue weighted by Crippen LogP contribution is 2.32. The van der Waals surface area contributed by atoms with E-state index in [0.717, 1.165) is 14.5 Å². The summed E-state index contributed by atoms with van der Waals surface area (Å²) in [5.41, 5.74) is 4.22. The van der Waals surface area contributed by atoms with Crippen LogP contribution in [0.3, 0.4) is 0 Å². The number of rotatable bonds is 6. The van der Waals surface area contributed by atoms with Gasteiger partial charge in [-0.15, -0.1) is 0 Å². The topological polar surface area (TPSA) is 63.8 Å². The highest BCUT2D eigenvalue weighted by molar-refractivity contribution is 9.11. The van der Waals surface area contributed by atoms with Crippen molar-refractivity contribution in [3.8, 4) is 5.75 Å². The summed E-state index contributed by atoms with van der Waals surface area (Å²) >= 11 is 6.97. The smallest absolute Gasteiger partial charge is 0.307 e. The van der Waals surface area contributed by atoms with Gasteiger partial charge in [-0.3, -0.25) is 4.79 Å². The van der Waals surface area contributed by atoms with Crippen LogP contribution in [0.15, 0.2) is 73.1 Å². The highest BCUT2D eigenvalue weighted by Gasteiger charge is 2.11. The molecule has 3 aromatic rings. The molecular weight excluding hydrogens is 476 g/mol. The van der Waals surface area contributed by atoms with Gasteiger partial charge in [0.15, 0.2) is 5.76 Å². The number of halogens is 2. The van der Waals surface area contributed by atoms with E-state index in [1.807, 2.05) is 42.5 Å². The maximum atomic E-state index is 12.0. The molecule has 0 radical (unpaired) electrons. The van der Waals surface area contributed by atoms with Gasteiger partial charge in [-0.05, 0) is 52.7 Å². The predicted molar refractivity (Wildman–Crippen MR) is 111 cm³/mol. The first-order valence-electron chi connectivity index (χ1n) is 8.08. The molecule has 0 fully saturated rings. The summed E-state index contributed by atoms with van der Waals surface area (Å²) in [6, 6.07) is 16.9. The lowest BCUT2D eigenvalue weighted by molar-refractivity contribution is 0.0926. The van der Waals surface area contributed by atoms with Crippen molar-refractivity contribution in [3.63, 3.8) is 0 Å². The number of furan rings is 1. The Morgan fingerprint density at radius 1 is 1.19 bits per heavy atom. The fourth-order valence-electron chi connectivity index (χ4n) is 2.33. The number of carbonyl (C=O) groups excluding carboxylic acids is 1. The third-order valence-electron chi connectivity index (χ3n) is 3.60. The Balaban J connectivity index is 1.74. The number of hydrogen-bond acceptors (Lipinski definition) is 4. The van der Waals surface area contributed by atoms with Crippen molar-refractivity contribution >= 4 is 44.0 Å². The van der Waals surface area contributed by atoms with Gasteiger partial charge in [0.2, 0.25) is 0 Å². The van der Waals surface area contributed by atoms with Crippen LogP contribution < -0.4 is 10.2 Å². The number of amides is 1. The van der Waals surface area contributed by atoms with Crippen molar-refractivity contribution in [1.82, 2.24) is 5.43 Å². The first-order valence-corrected chi connectivity index (χ1v) is 9.67. The Labute approximate surface area is 173 Å². The molecule has 0 aliphatic carbocycles. The fraction of sp³-hybridized carbons (Fsp3) is 0.100. The monoisotopic (exact) mass is 490 g/mol. The largest absolute Gasteiger partial charge is 0.487 e. The molecule has 2 aromatic carbocycles. The summed E-state index contributed by atoms with van der Waals surface area (Å²) in [4.78, 5) is 12.0. The van der Waals surface area contributed by atoms with Crippen LogP contribution in [0.5, 0.6) is 5.75 Å². The highest BCUT2D eigenvalue weighted by atomic mass is 79.9. The van der Waals surface area contributed by atoms with Crippen LogP contribution in [-0.4, -0.2) is 12.1 Å². The van der Waals surface area contributed by atoms with Crippen LogP contribution in [0.25, 0.3) is 0 Å². The average Bonchev–Trinajstić information content (AvgIpc) is 3.08. The Morgan fingerprint density at radius 2 is 1.96 bits per heavy atom. The number of nitrogens with zero attached hydrogens (tertiary/aromatic N) is 1. The fourth-order valence-corrected chi connectivity index (χ4v) is 3.70. The van der Waals surface area contributed by atoms with E-state index in [0.29, 0.717) is 23.7 Å². The molecule has 0 aliphatic rings. The van der Waals surface area contributed by atoms with Crippen LogP contribution in [0.1, 0.15) is 27.4 Å². The normalized spacial score (nSPS) is 10.9. The summed E-state index contributed by atoms with van der Waals surface area (Å²) in [5, 5.41) is 4.02. The van der Waals surface area contributed by atoms with Gasteiger partial charge < -0.3 is 9.15 Å². The summed E-state index contributed by atoms with van der Waals surface area (Å²) in [6.07, 6.45) is 1.53. The zero-order valence-electron chi connectivity index (χ0n) is 14.4. The Morgan fingerprint density at radius 3 is 2.67 bits per heavy atom. The first kappa shape index (κ1) is 19.4. The molecular formula is C20H16Br2N2O3. The molecule has 0 saturated heterocycles. The van der Waals surface area contributed by atoms with Crippen molar-refractivity contribution in [2.75, 3.05) is 0 Å². The summed E-state index contributed by atoms with van der Waals surface area (Å²) in [7, 11) is 0. The van der Waals surface area contributed by atoms with Gasteiger partial charge in [-0.25, -0.2) is 5.43 Å². The molecule has 0 atom stereocenters. The zero-order chi connectivity index (χ0) is 19.2. The molecule has 3 rings (SSSR count). The second-order valence-corrected chi connectivity index (χ2v) is 7.46. The van der Waals surface area contributed by atoms with Crippen molar-refractivity contribution < 1.29 is 13.9 Å². The summed E-state index contributed by atoms with van der Waals surface area (Å²) in [6.45, 7) is 2.19. The Kier molecular flexibility index (Phi) is 6.47. The van der Waals surface area contributed by atoms with E-state index in [2.05, 4.69) is 42.4 Å². The molecule has 1 aromatic heterocycles. The predicted octanol–water partition coefficient (Wildman–Crippen LogP) is 5.46. The third-order valence-corrected chi connectivity index (χ3v) is 4.64. The van der Waals surface area contributed by atoms with E-state index in [9.17, 15) is 4.79 Å². The summed E-state index contributed by atoms with van der Waals surface area (Å²) < 4.78 is 12.9. The first-order chi connectivity index (χ1) is 13.0. The second kappa shape index (κ2) is 9.01. The molecule has 5 nitrogen and oxygen atoms in total. The number of hydrogen-bond donors (Lipinski definition) is 1. The maximum Gasteiger partial charge on any atom is 0.307 e. The van der Waals surface area contributed by atoms with Gasteiger partial charge in [0.25, 0.3) is 0 Å². The lowest BCUT2D eigenvalue weighted by Crippen LogP contribution is -2.16. The number of nitrogens with one attached hydrogen (secondary N) is 1. The number of hydrazone groups is 1. The minimum absolute atomic E-state index is 0.209. The lowest BCUT2D eigenvalue weighted by atomic mass is 10.2. The minimum atomic E-state index is -0.417. The van der Waals surface area contributed by atoms with Gasteiger partial charge in [0, 0.05) is 10.0 Å². The number of carbonyl (C=O) groups is 1. The van der Waals surface area contributed by atoms with Crippen LogP contribution in [0.4, 0.5) is 0 Å². The molecule has 1 amide bonds. The van der Waals surface area contributed by atoms with Crippen molar-refractivity contribution in [3.05, 3.63) is 86.2 Å². The molecule has 0 unspecified atom stereocenters. The zero-order valence-corrected chi connectivity index (χ0v) is 17.6. The Hall–Kier alpha value is -2.38. The van der Waals surface area contributed by atoms with E-state index in [4.69, 9.17) is 9.15 Å². The quantitative estimate of drug-likeness (QED) is 0.368. The molecule has 27 heavy (non-hydrogen) atoms. The number of ether oxygens (including phenoxy) is 1. The molecule has 7 heteroatoms. The van der Waals surface area contributed by atoms with Crippen LogP contribution >= 0.6 is 31.9 Å². The van der Waals surface area contributed by atoms with Crippen molar-refractivity contribution in [1.29, 1.82) is 0 Å². The maximum absolute atomic E-state index is 12.0. The minimum Gasteiger partial charge on any atom is -0.487 e. The van der Waals surface area contributed by atoms with Crippen LogP contribution in [0, 0.1) is 6.92 Å². The lowest BCUT2D eigenvalue weighted by Gasteiger charge is -2.12. The number of benzene rings is 2. The van der Waals surface area contributed by atoms with E-state index >= 15 is 0 Å². The second-order valence-electron chi connectivity index (χ2n) is 5.69. The molecule has 1 heterocycles. The molecule has 138 valence electrons. The van der Waals surface area contributed by atoms with E-state index in [-0.39, 0.29) is 5.76 Å². The number of aryl methyl sites for hydroxylation is 1. The van der Waals surface area contributed by atoms with Crippen LogP contribution in [-0.2, 0) is 6.61 Å². The van der Waals surface area contributed by atoms with Gasteiger partial charge in [-0.2, -0.15) is 5.10 Å². The van der Waals surface area contributed by atoms with Gasteiger partial charge in [-0.1, -0.05) is 46.3 Å². The van der Waals surface area contributed by atoms with Gasteiger partial charge in [0.05, 0.1) is 10.7 Å².